The van der Waals surface area contributed by atoms with E-state index in [2.05, 4.69) is 5.10 Å². The van der Waals surface area contributed by atoms with Crippen molar-refractivity contribution in [2.24, 2.45) is 0 Å². The van der Waals surface area contributed by atoms with E-state index in [1.54, 1.807) is 28.3 Å². The fourth-order valence-corrected chi connectivity index (χ4v) is 3.27. The van der Waals surface area contributed by atoms with E-state index < -0.39 is 5.97 Å². The van der Waals surface area contributed by atoms with E-state index in [1.807, 2.05) is 39.0 Å². The first-order valence-corrected chi connectivity index (χ1v) is 8.32. The molecule has 0 saturated heterocycles. The maximum Gasteiger partial charge on any atom is 0.340 e. The number of carbonyl (C=O) groups is 1. The molecule has 0 atom stereocenters. The summed E-state index contributed by atoms with van der Waals surface area (Å²) in [6.07, 6.45) is 1.62. The number of pyridine rings is 1. The molecule has 122 valence electrons. The topological polar surface area (TPSA) is 80.8 Å². The Morgan fingerprint density at radius 2 is 2.25 bits per heavy atom. The lowest BCUT2D eigenvalue weighted by atomic mass is 10.1. The van der Waals surface area contributed by atoms with E-state index in [9.17, 15) is 4.79 Å². The Morgan fingerprint density at radius 1 is 1.46 bits per heavy atom. The second-order valence-corrected chi connectivity index (χ2v) is 6.91. The van der Waals surface area contributed by atoms with Crippen molar-refractivity contribution < 1.29 is 9.53 Å². The van der Waals surface area contributed by atoms with Gasteiger partial charge in [-0.2, -0.15) is 10.4 Å². The molecule has 0 amide bonds. The molecule has 0 aliphatic carbocycles. The molecule has 0 aliphatic heterocycles. The van der Waals surface area contributed by atoms with Crippen LogP contribution < -0.4 is 0 Å². The van der Waals surface area contributed by atoms with E-state index >= 15 is 0 Å². The van der Waals surface area contributed by atoms with Crippen LogP contribution >= 0.6 is 11.3 Å². The lowest BCUT2D eigenvalue weighted by Crippen LogP contribution is -2.08. The van der Waals surface area contributed by atoms with Crippen molar-refractivity contribution in [3.05, 3.63) is 34.8 Å². The van der Waals surface area contributed by atoms with Crippen molar-refractivity contribution >= 4 is 28.3 Å². The van der Waals surface area contributed by atoms with Crippen LogP contribution in [0.4, 0.5) is 0 Å². The van der Waals surface area contributed by atoms with Crippen LogP contribution in [0.15, 0.2) is 24.4 Å². The van der Waals surface area contributed by atoms with Gasteiger partial charge >= 0.3 is 5.97 Å². The summed E-state index contributed by atoms with van der Waals surface area (Å²) in [6, 6.07) is 7.62. The first-order valence-electron chi connectivity index (χ1n) is 7.50. The monoisotopic (exact) mass is 340 g/mol. The van der Waals surface area contributed by atoms with Gasteiger partial charge in [0.25, 0.3) is 0 Å². The molecular formula is C17H16N4O2S. The van der Waals surface area contributed by atoms with Gasteiger partial charge in [0.2, 0.25) is 0 Å². The summed E-state index contributed by atoms with van der Waals surface area (Å²) in [7, 11) is 0. The van der Waals surface area contributed by atoms with E-state index in [0.29, 0.717) is 22.3 Å². The zero-order valence-electron chi connectivity index (χ0n) is 13.6. The number of rotatable bonds is 4. The first-order chi connectivity index (χ1) is 11.5. The number of thiophene rings is 1. The molecule has 7 heteroatoms. The molecule has 0 aromatic carbocycles. The maximum atomic E-state index is 12.4. The lowest BCUT2D eigenvalue weighted by Gasteiger charge is -2.09. The third-order valence-electron chi connectivity index (χ3n) is 3.54. The standard InChI is InChI=1S/C17H16N4O2S/c1-10(2)21-16-13(9-19-21)12(17(22)23-7-6-18)8-14(20-16)15-5-4-11(3)24-15/h4-5,8-10H,7H2,1-3H3. The third kappa shape index (κ3) is 2.88. The molecule has 24 heavy (non-hydrogen) atoms. The number of hydrogen-bond acceptors (Lipinski definition) is 6. The average Bonchev–Trinajstić information content (AvgIpc) is 3.17. The van der Waals surface area contributed by atoms with Crippen molar-refractivity contribution in [2.45, 2.75) is 26.8 Å². The number of aromatic nitrogens is 3. The Morgan fingerprint density at radius 3 is 2.88 bits per heavy atom. The number of nitrogens with zero attached hydrogens (tertiary/aromatic N) is 4. The fourth-order valence-electron chi connectivity index (χ4n) is 2.44. The normalized spacial score (nSPS) is 11.0. The highest BCUT2D eigenvalue weighted by molar-refractivity contribution is 7.15. The summed E-state index contributed by atoms with van der Waals surface area (Å²) in [5, 5.41) is 13.6. The molecule has 0 fully saturated rings. The number of fused-ring (bicyclic) bond motifs is 1. The Balaban J connectivity index is 2.21. The predicted molar refractivity (Wildman–Crippen MR) is 91.9 cm³/mol. The number of ether oxygens (including phenoxy) is 1. The lowest BCUT2D eigenvalue weighted by molar-refractivity contribution is 0.0557. The minimum atomic E-state index is -0.540. The van der Waals surface area contributed by atoms with Crippen molar-refractivity contribution in [3.8, 4) is 16.6 Å². The van der Waals surface area contributed by atoms with Gasteiger partial charge in [-0.1, -0.05) is 0 Å². The van der Waals surface area contributed by atoms with Crippen LogP contribution in [0.5, 0.6) is 0 Å². The van der Waals surface area contributed by atoms with E-state index in [0.717, 1.165) is 9.75 Å². The largest absolute Gasteiger partial charge is 0.447 e. The molecule has 0 bridgehead atoms. The van der Waals surface area contributed by atoms with Gasteiger partial charge in [-0.3, -0.25) is 0 Å². The van der Waals surface area contributed by atoms with Crippen molar-refractivity contribution in [1.29, 1.82) is 5.26 Å². The van der Waals surface area contributed by atoms with E-state index in [-0.39, 0.29) is 12.6 Å². The minimum absolute atomic E-state index is 0.110. The van der Waals surface area contributed by atoms with Crippen LogP contribution in [0.25, 0.3) is 21.6 Å². The predicted octanol–water partition coefficient (Wildman–Crippen LogP) is 3.73. The highest BCUT2D eigenvalue weighted by Crippen LogP contribution is 2.30. The van der Waals surface area contributed by atoms with Gasteiger partial charge in [-0.05, 0) is 39.0 Å². The molecular weight excluding hydrogens is 324 g/mol. The van der Waals surface area contributed by atoms with Crippen LogP contribution in [0, 0.1) is 18.3 Å². The smallest absolute Gasteiger partial charge is 0.340 e. The first kappa shape index (κ1) is 16.1. The van der Waals surface area contributed by atoms with Crippen LogP contribution in [0.3, 0.4) is 0 Å². The fraction of sp³-hybridized carbons (Fsp3) is 0.294. The molecule has 6 nitrogen and oxygen atoms in total. The Bertz CT molecular complexity index is 949. The van der Waals surface area contributed by atoms with Gasteiger partial charge in [0.05, 0.1) is 27.7 Å². The second kappa shape index (κ2) is 6.42. The minimum Gasteiger partial charge on any atom is -0.447 e. The number of esters is 1. The molecule has 0 unspecified atom stereocenters. The third-order valence-corrected chi connectivity index (χ3v) is 4.56. The van der Waals surface area contributed by atoms with Crippen molar-refractivity contribution in [3.63, 3.8) is 0 Å². The summed E-state index contributed by atoms with van der Waals surface area (Å²) in [4.78, 5) is 19.2. The number of nitriles is 1. The van der Waals surface area contributed by atoms with Gasteiger partial charge in [-0.25, -0.2) is 14.5 Å². The molecule has 3 heterocycles. The second-order valence-electron chi connectivity index (χ2n) is 5.62. The highest BCUT2D eigenvalue weighted by Gasteiger charge is 2.19. The van der Waals surface area contributed by atoms with Gasteiger partial charge in [0.1, 0.15) is 6.07 Å². The SMILES string of the molecule is Cc1ccc(-c2cc(C(=O)OCC#N)c3cnn(C(C)C)c3n2)s1. The molecule has 0 aliphatic rings. The molecule has 3 aromatic rings. The highest BCUT2D eigenvalue weighted by atomic mass is 32.1. The summed E-state index contributed by atoms with van der Waals surface area (Å²) < 4.78 is 6.77. The number of carbonyl (C=O) groups excluding carboxylic acids is 1. The molecule has 3 rings (SSSR count). The zero-order chi connectivity index (χ0) is 17.3. The van der Waals surface area contributed by atoms with E-state index in [1.165, 1.54) is 0 Å². The molecule has 3 aromatic heterocycles. The van der Waals surface area contributed by atoms with Crippen molar-refractivity contribution in [2.75, 3.05) is 6.61 Å². The molecule has 0 spiro atoms. The van der Waals surface area contributed by atoms with Gasteiger partial charge < -0.3 is 4.74 Å². The average molecular weight is 340 g/mol. The van der Waals surface area contributed by atoms with Gasteiger partial charge in [-0.15, -0.1) is 11.3 Å². The Hall–Kier alpha value is -2.72. The van der Waals surface area contributed by atoms with Crippen LogP contribution in [-0.2, 0) is 4.74 Å². The number of aryl methyl sites for hydroxylation is 1. The summed E-state index contributed by atoms with van der Waals surface area (Å²) in [6.45, 7) is 5.75. The number of hydrogen-bond donors (Lipinski definition) is 0. The van der Waals surface area contributed by atoms with E-state index in [4.69, 9.17) is 15.0 Å². The zero-order valence-corrected chi connectivity index (χ0v) is 14.4. The Labute approximate surface area is 143 Å². The van der Waals surface area contributed by atoms with Gasteiger partial charge in [0.15, 0.2) is 12.3 Å². The van der Waals surface area contributed by atoms with Crippen molar-refractivity contribution in [1.82, 2.24) is 14.8 Å². The summed E-state index contributed by atoms with van der Waals surface area (Å²) in [5.41, 5.74) is 1.72. The summed E-state index contributed by atoms with van der Waals surface area (Å²) in [5.74, 6) is -0.540. The maximum absolute atomic E-state index is 12.4. The van der Waals surface area contributed by atoms with Gasteiger partial charge in [0, 0.05) is 10.9 Å². The molecule has 0 N–H and O–H groups in total. The quantitative estimate of drug-likeness (QED) is 0.676. The van der Waals surface area contributed by atoms with Crippen LogP contribution in [0.1, 0.15) is 35.1 Å². The summed E-state index contributed by atoms with van der Waals surface area (Å²) >= 11 is 1.61. The van der Waals surface area contributed by atoms with Crippen LogP contribution in [0.2, 0.25) is 0 Å². The molecule has 0 saturated carbocycles. The molecule has 0 radical (unpaired) electrons. The Kier molecular flexibility index (Phi) is 4.32. The van der Waals surface area contributed by atoms with Crippen LogP contribution in [-0.4, -0.2) is 27.3 Å².